The second-order valence-electron chi connectivity index (χ2n) is 5.19. The lowest BCUT2D eigenvalue weighted by atomic mass is 10.2. The highest BCUT2D eigenvalue weighted by Gasteiger charge is 2.17. The van der Waals surface area contributed by atoms with E-state index in [0.29, 0.717) is 39.6 Å². The summed E-state index contributed by atoms with van der Waals surface area (Å²) in [6, 6.07) is 8.67. The number of benzene rings is 2. The Hall–Kier alpha value is -2.41. The number of methoxy groups -OCH3 is 1. The molecule has 0 fully saturated rings. The van der Waals surface area contributed by atoms with E-state index in [9.17, 15) is 4.79 Å². The van der Waals surface area contributed by atoms with Crippen LogP contribution in [0.2, 0.25) is 0 Å². The molecular formula is C18H17BrO6. The van der Waals surface area contributed by atoms with Gasteiger partial charge in [0.15, 0.2) is 23.0 Å². The molecule has 0 N–H and O–H groups in total. The summed E-state index contributed by atoms with van der Waals surface area (Å²) in [5.41, 5.74) is 1.19. The largest absolute Gasteiger partial charge is 0.492 e. The van der Waals surface area contributed by atoms with Gasteiger partial charge in [-0.1, -0.05) is 6.07 Å². The number of ether oxygens (including phenoxy) is 5. The second kappa shape index (κ2) is 7.65. The molecule has 0 unspecified atom stereocenters. The zero-order valence-electron chi connectivity index (χ0n) is 13.8. The summed E-state index contributed by atoms with van der Waals surface area (Å²) in [7, 11) is 1.54. The van der Waals surface area contributed by atoms with Crippen molar-refractivity contribution in [2.24, 2.45) is 0 Å². The average molecular weight is 409 g/mol. The lowest BCUT2D eigenvalue weighted by molar-refractivity contribution is 0.0471. The van der Waals surface area contributed by atoms with E-state index in [-0.39, 0.29) is 13.4 Å². The first-order valence-corrected chi connectivity index (χ1v) is 8.47. The molecule has 1 aliphatic heterocycles. The SMILES string of the molecule is CCOc1cc(C(=O)OCc2ccc3c(c2)OCO3)cc(Br)c1OC. The van der Waals surface area contributed by atoms with Crippen molar-refractivity contribution in [3.05, 3.63) is 45.9 Å². The summed E-state index contributed by atoms with van der Waals surface area (Å²) in [5.74, 6) is 1.90. The van der Waals surface area contributed by atoms with E-state index in [1.54, 1.807) is 31.4 Å². The minimum atomic E-state index is -0.457. The molecule has 3 rings (SSSR count). The number of rotatable bonds is 6. The first kappa shape index (κ1) is 17.4. The number of fused-ring (bicyclic) bond motifs is 1. The quantitative estimate of drug-likeness (QED) is 0.674. The predicted octanol–water partition coefficient (Wildman–Crippen LogP) is 3.94. The van der Waals surface area contributed by atoms with Gasteiger partial charge in [0.25, 0.3) is 0 Å². The Balaban J connectivity index is 1.72. The number of hydrogen-bond donors (Lipinski definition) is 0. The van der Waals surface area contributed by atoms with Crippen molar-refractivity contribution in [3.63, 3.8) is 0 Å². The van der Waals surface area contributed by atoms with Crippen molar-refractivity contribution in [2.45, 2.75) is 13.5 Å². The molecule has 1 aliphatic rings. The van der Waals surface area contributed by atoms with Gasteiger partial charge in [-0.2, -0.15) is 0 Å². The highest BCUT2D eigenvalue weighted by molar-refractivity contribution is 9.10. The van der Waals surface area contributed by atoms with Gasteiger partial charge in [0, 0.05) is 0 Å². The molecule has 2 aromatic carbocycles. The van der Waals surface area contributed by atoms with Crippen LogP contribution in [0.15, 0.2) is 34.8 Å². The van der Waals surface area contributed by atoms with Crippen molar-refractivity contribution in [3.8, 4) is 23.0 Å². The zero-order chi connectivity index (χ0) is 17.8. The van der Waals surface area contributed by atoms with Crippen molar-refractivity contribution in [1.29, 1.82) is 0 Å². The Bertz CT molecular complexity index is 789. The molecule has 0 saturated heterocycles. The third-order valence-corrected chi connectivity index (χ3v) is 4.15. The van der Waals surface area contributed by atoms with Crippen LogP contribution in [0.4, 0.5) is 0 Å². The molecule has 0 amide bonds. The summed E-state index contributed by atoms with van der Waals surface area (Å²) in [6.45, 7) is 2.65. The Kier molecular flexibility index (Phi) is 5.33. The van der Waals surface area contributed by atoms with Gasteiger partial charge in [-0.05, 0) is 52.7 Å². The van der Waals surface area contributed by atoms with Gasteiger partial charge in [-0.3, -0.25) is 0 Å². The maximum absolute atomic E-state index is 12.4. The maximum Gasteiger partial charge on any atom is 0.338 e. The van der Waals surface area contributed by atoms with Gasteiger partial charge >= 0.3 is 5.97 Å². The van der Waals surface area contributed by atoms with Gasteiger partial charge in [0.2, 0.25) is 6.79 Å². The van der Waals surface area contributed by atoms with E-state index in [0.717, 1.165) is 5.56 Å². The molecule has 6 nitrogen and oxygen atoms in total. The number of carbonyl (C=O) groups excluding carboxylic acids is 1. The molecule has 0 aliphatic carbocycles. The Morgan fingerprint density at radius 2 is 2.00 bits per heavy atom. The molecule has 0 atom stereocenters. The van der Waals surface area contributed by atoms with Gasteiger partial charge in [-0.25, -0.2) is 4.79 Å². The third-order valence-electron chi connectivity index (χ3n) is 3.56. The maximum atomic E-state index is 12.4. The van der Waals surface area contributed by atoms with E-state index in [2.05, 4.69) is 15.9 Å². The number of hydrogen-bond acceptors (Lipinski definition) is 6. The molecule has 1 heterocycles. The summed E-state index contributed by atoms with van der Waals surface area (Å²) in [5, 5.41) is 0. The van der Waals surface area contributed by atoms with E-state index < -0.39 is 5.97 Å². The summed E-state index contributed by atoms with van der Waals surface area (Å²) < 4.78 is 27.4. The van der Waals surface area contributed by atoms with Crippen LogP contribution >= 0.6 is 15.9 Å². The van der Waals surface area contributed by atoms with Gasteiger partial charge in [-0.15, -0.1) is 0 Å². The first-order chi connectivity index (χ1) is 12.1. The van der Waals surface area contributed by atoms with Gasteiger partial charge in [0.05, 0.1) is 23.8 Å². The highest BCUT2D eigenvalue weighted by Crippen LogP contribution is 2.37. The summed E-state index contributed by atoms with van der Waals surface area (Å²) in [6.07, 6.45) is 0. The third kappa shape index (κ3) is 3.82. The molecule has 2 aromatic rings. The Morgan fingerprint density at radius 1 is 1.20 bits per heavy atom. The van der Waals surface area contributed by atoms with Crippen LogP contribution in [0.1, 0.15) is 22.8 Å². The molecule has 0 spiro atoms. The fourth-order valence-corrected chi connectivity index (χ4v) is 3.01. The monoisotopic (exact) mass is 408 g/mol. The van der Waals surface area contributed by atoms with Crippen LogP contribution in [-0.2, 0) is 11.3 Å². The topological polar surface area (TPSA) is 63.2 Å². The molecular weight excluding hydrogens is 392 g/mol. The normalized spacial score (nSPS) is 12.0. The number of carbonyl (C=O) groups is 1. The summed E-state index contributed by atoms with van der Waals surface area (Å²) >= 11 is 3.38. The second-order valence-corrected chi connectivity index (χ2v) is 6.04. The lowest BCUT2D eigenvalue weighted by Crippen LogP contribution is -2.07. The fraction of sp³-hybridized carbons (Fsp3) is 0.278. The lowest BCUT2D eigenvalue weighted by Gasteiger charge is -2.13. The van der Waals surface area contributed by atoms with E-state index in [1.807, 2.05) is 13.0 Å². The molecule has 0 radical (unpaired) electrons. The van der Waals surface area contributed by atoms with Gasteiger partial charge in [0.1, 0.15) is 6.61 Å². The molecule has 0 bridgehead atoms. The zero-order valence-corrected chi connectivity index (χ0v) is 15.4. The minimum absolute atomic E-state index is 0.128. The fourth-order valence-electron chi connectivity index (χ4n) is 2.41. The van der Waals surface area contributed by atoms with Crippen LogP contribution < -0.4 is 18.9 Å². The van der Waals surface area contributed by atoms with Crippen LogP contribution in [0.5, 0.6) is 23.0 Å². The molecule has 0 saturated carbocycles. The van der Waals surface area contributed by atoms with Crippen LogP contribution in [0, 0.1) is 0 Å². The van der Waals surface area contributed by atoms with E-state index in [4.69, 9.17) is 23.7 Å². The van der Waals surface area contributed by atoms with Crippen molar-refractivity contribution >= 4 is 21.9 Å². The van der Waals surface area contributed by atoms with Crippen molar-refractivity contribution in [1.82, 2.24) is 0 Å². The first-order valence-electron chi connectivity index (χ1n) is 7.68. The van der Waals surface area contributed by atoms with E-state index in [1.165, 1.54) is 0 Å². The predicted molar refractivity (Wildman–Crippen MR) is 93.5 cm³/mol. The Labute approximate surface area is 153 Å². The average Bonchev–Trinajstić information content (AvgIpc) is 3.07. The molecule has 0 aromatic heterocycles. The molecule has 7 heteroatoms. The van der Waals surface area contributed by atoms with Crippen LogP contribution in [0.25, 0.3) is 0 Å². The number of esters is 1. The molecule has 25 heavy (non-hydrogen) atoms. The van der Waals surface area contributed by atoms with Crippen LogP contribution in [0.3, 0.4) is 0 Å². The highest BCUT2D eigenvalue weighted by atomic mass is 79.9. The van der Waals surface area contributed by atoms with E-state index >= 15 is 0 Å². The van der Waals surface area contributed by atoms with Crippen molar-refractivity contribution in [2.75, 3.05) is 20.5 Å². The Morgan fingerprint density at radius 3 is 2.76 bits per heavy atom. The minimum Gasteiger partial charge on any atom is -0.492 e. The summed E-state index contributed by atoms with van der Waals surface area (Å²) in [4.78, 5) is 12.4. The number of halogens is 1. The standard InChI is InChI=1S/C18H17BrO6/c1-3-22-16-8-12(7-13(19)17(16)21-2)18(20)23-9-11-4-5-14-15(6-11)25-10-24-14/h4-8H,3,9-10H2,1-2H3. The van der Waals surface area contributed by atoms with Crippen molar-refractivity contribution < 1.29 is 28.5 Å². The van der Waals surface area contributed by atoms with Gasteiger partial charge < -0.3 is 23.7 Å². The smallest absolute Gasteiger partial charge is 0.338 e. The molecule has 132 valence electrons. The van der Waals surface area contributed by atoms with Crippen LogP contribution in [-0.4, -0.2) is 26.5 Å².